The smallest absolute Gasteiger partial charge is 0.282 e. The van der Waals surface area contributed by atoms with Gasteiger partial charge in [-0.05, 0) is 67.4 Å². The minimum absolute atomic E-state index is 0.0156. The maximum atomic E-state index is 12.8. The number of carbonyl (C=O) groups excluding carboxylic acids is 3. The number of nitrogens with two attached hydrogens (primary N) is 1. The predicted molar refractivity (Wildman–Crippen MR) is 112 cm³/mol. The van der Waals surface area contributed by atoms with Crippen LogP contribution in [0.1, 0.15) is 27.2 Å². The molecule has 3 amide bonds. The minimum Gasteiger partial charge on any atom is -0.457 e. The van der Waals surface area contributed by atoms with E-state index in [1.165, 1.54) is 11.1 Å². The maximum Gasteiger partial charge on any atom is 0.282 e. The van der Waals surface area contributed by atoms with Crippen molar-refractivity contribution in [2.24, 2.45) is 5.73 Å². The molecule has 30 heavy (non-hydrogen) atoms. The largest absolute Gasteiger partial charge is 0.457 e. The molecule has 3 N–H and O–H groups in total. The van der Waals surface area contributed by atoms with Gasteiger partial charge in [0.25, 0.3) is 11.8 Å². The van der Waals surface area contributed by atoms with Crippen molar-refractivity contribution >= 4 is 29.5 Å². The summed E-state index contributed by atoms with van der Waals surface area (Å²) in [6, 6.07) is 15.6. The average Bonchev–Trinajstić information content (AvgIpc) is 3.30. The van der Waals surface area contributed by atoms with Crippen LogP contribution in [-0.4, -0.2) is 17.7 Å². The van der Waals surface area contributed by atoms with Gasteiger partial charge in [0.15, 0.2) is 0 Å². The van der Waals surface area contributed by atoms with E-state index in [4.69, 9.17) is 10.2 Å². The first kappa shape index (κ1) is 19.2. The molecule has 3 aromatic rings. The van der Waals surface area contributed by atoms with Crippen molar-refractivity contribution in [2.75, 3.05) is 5.01 Å². The van der Waals surface area contributed by atoms with E-state index < -0.39 is 17.7 Å². The number of benzene rings is 2. The number of nitrogens with zero attached hydrogens (tertiary/aromatic N) is 1. The van der Waals surface area contributed by atoms with Crippen LogP contribution in [0.15, 0.2) is 64.6 Å². The third-order valence-corrected chi connectivity index (χ3v) is 5.01. The van der Waals surface area contributed by atoms with Crippen LogP contribution in [0.5, 0.6) is 0 Å². The number of furan rings is 1. The SMILES string of the molecule is Cc1ccc(N2NC(=O)C(=Cc3ccc(-c4ccc(C(N)=O)cc4)o3)C2=O)cc1C. The number of carbonyl (C=O) groups is 3. The molecule has 2 heterocycles. The second-order valence-electron chi connectivity index (χ2n) is 7.05. The summed E-state index contributed by atoms with van der Waals surface area (Å²) in [7, 11) is 0. The molecule has 1 saturated heterocycles. The zero-order valence-electron chi connectivity index (χ0n) is 16.4. The van der Waals surface area contributed by atoms with Gasteiger partial charge in [-0.2, -0.15) is 0 Å². The zero-order chi connectivity index (χ0) is 21.4. The molecule has 0 bridgehead atoms. The average molecular weight is 401 g/mol. The Morgan fingerprint density at radius 1 is 1.00 bits per heavy atom. The molecule has 0 unspecified atom stereocenters. The number of amides is 3. The molecule has 1 aliphatic rings. The Kier molecular flexibility index (Phi) is 4.71. The van der Waals surface area contributed by atoms with Gasteiger partial charge >= 0.3 is 0 Å². The Morgan fingerprint density at radius 2 is 1.73 bits per heavy atom. The van der Waals surface area contributed by atoms with E-state index in [1.807, 2.05) is 26.0 Å². The zero-order valence-corrected chi connectivity index (χ0v) is 16.4. The molecule has 0 radical (unpaired) electrons. The normalized spacial score (nSPS) is 15.0. The number of nitrogens with one attached hydrogen (secondary N) is 1. The van der Waals surface area contributed by atoms with Crippen LogP contribution in [-0.2, 0) is 9.59 Å². The van der Waals surface area contributed by atoms with Gasteiger partial charge in [-0.15, -0.1) is 0 Å². The topological polar surface area (TPSA) is 106 Å². The number of anilines is 1. The number of primary amides is 1. The minimum atomic E-state index is -0.509. The molecule has 0 spiro atoms. The first-order chi connectivity index (χ1) is 14.3. The molecule has 7 heteroatoms. The second kappa shape index (κ2) is 7.36. The van der Waals surface area contributed by atoms with Gasteiger partial charge < -0.3 is 10.2 Å². The first-order valence-corrected chi connectivity index (χ1v) is 9.28. The Morgan fingerprint density at radius 3 is 2.40 bits per heavy atom. The van der Waals surface area contributed by atoms with Crippen LogP contribution in [0.3, 0.4) is 0 Å². The Bertz CT molecular complexity index is 1210. The van der Waals surface area contributed by atoms with Crippen LogP contribution in [0.4, 0.5) is 5.69 Å². The molecule has 1 aliphatic heterocycles. The second-order valence-corrected chi connectivity index (χ2v) is 7.05. The lowest BCUT2D eigenvalue weighted by molar-refractivity contribution is -0.117. The molecule has 150 valence electrons. The summed E-state index contributed by atoms with van der Waals surface area (Å²) in [5.41, 5.74) is 11.7. The Balaban J connectivity index is 1.59. The van der Waals surface area contributed by atoms with Crippen molar-refractivity contribution in [3.63, 3.8) is 0 Å². The molecule has 0 atom stereocenters. The summed E-state index contributed by atoms with van der Waals surface area (Å²) < 4.78 is 5.76. The number of rotatable bonds is 4. The van der Waals surface area contributed by atoms with Gasteiger partial charge in [-0.3, -0.25) is 19.8 Å². The van der Waals surface area contributed by atoms with Crippen molar-refractivity contribution in [1.82, 2.24) is 5.43 Å². The standard InChI is InChI=1S/C23H19N3O4/c1-13-3-8-17(11-14(13)2)26-23(29)19(22(28)25-26)12-18-9-10-20(30-18)15-4-6-16(7-5-15)21(24)27/h3-12H,1-2H3,(H2,24,27)(H,25,28). The fourth-order valence-corrected chi connectivity index (χ4v) is 3.13. The maximum absolute atomic E-state index is 12.8. The Labute approximate surface area is 172 Å². The van der Waals surface area contributed by atoms with Crippen molar-refractivity contribution < 1.29 is 18.8 Å². The molecule has 1 aromatic heterocycles. The highest BCUT2D eigenvalue weighted by Gasteiger charge is 2.34. The molecular weight excluding hydrogens is 382 g/mol. The van der Waals surface area contributed by atoms with Crippen LogP contribution >= 0.6 is 0 Å². The number of aryl methyl sites for hydroxylation is 2. The van der Waals surface area contributed by atoms with E-state index in [0.717, 1.165) is 16.7 Å². The molecule has 4 rings (SSSR count). The van der Waals surface area contributed by atoms with Crippen molar-refractivity contribution in [2.45, 2.75) is 13.8 Å². The van der Waals surface area contributed by atoms with Crippen molar-refractivity contribution in [3.8, 4) is 11.3 Å². The highest BCUT2D eigenvalue weighted by atomic mass is 16.3. The van der Waals surface area contributed by atoms with E-state index >= 15 is 0 Å². The molecule has 0 saturated carbocycles. The quantitative estimate of drug-likeness (QED) is 0.517. The Hall–Kier alpha value is -4.13. The van der Waals surface area contributed by atoms with Crippen LogP contribution in [0.2, 0.25) is 0 Å². The van der Waals surface area contributed by atoms with Gasteiger partial charge in [-0.1, -0.05) is 18.2 Å². The van der Waals surface area contributed by atoms with Gasteiger partial charge in [0.2, 0.25) is 5.91 Å². The summed E-state index contributed by atoms with van der Waals surface area (Å²) >= 11 is 0. The number of hydrogen-bond acceptors (Lipinski definition) is 4. The summed E-state index contributed by atoms with van der Waals surface area (Å²) in [6.07, 6.45) is 1.42. The van der Waals surface area contributed by atoms with E-state index in [0.29, 0.717) is 22.8 Å². The van der Waals surface area contributed by atoms with E-state index in [2.05, 4.69) is 5.43 Å². The third-order valence-electron chi connectivity index (χ3n) is 5.01. The lowest BCUT2D eigenvalue weighted by Gasteiger charge is -2.15. The molecule has 7 nitrogen and oxygen atoms in total. The summed E-state index contributed by atoms with van der Waals surface area (Å²) in [4.78, 5) is 36.3. The summed E-state index contributed by atoms with van der Waals surface area (Å²) in [6.45, 7) is 3.92. The molecule has 2 aromatic carbocycles. The number of hydrogen-bond donors (Lipinski definition) is 2. The van der Waals surface area contributed by atoms with Crippen LogP contribution < -0.4 is 16.2 Å². The molecule has 0 aliphatic carbocycles. The molecular formula is C23H19N3O4. The fraction of sp³-hybridized carbons (Fsp3) is 0.0870. The van der Waals surface area contributed by atoms with Gasteiger partial charge in [-0.25, -0.2) is 5.01 Å². The van der Waals surface area contributed by atoms with Crippen molar-refractivity contribution in [3.05, 3.63) is 82.6 Å². The lowest BCUT2D eigenvalue weighted by atomic mass is 10.1. The predicted octanol–water partition coefficient (Wildman–Crippen LogP) is 3.12. The van der Waals surface area contributed by atoms with E-state index in [9.17, 15) is 14.4 Å². The highest BCUT2D eigenvalue weighted by molar-refractivity contribution is 6.31. The third kappa shape index (κ3) is 3.48. The summed E-state index contributed by atoms with van der Waals surface area (Å²) in [5, 5.41) is 1.23. The van der Waals surface area contributed by atoms with E-state index in [1.54, 1.807) is 42.5 Å². The van der Waals surface area contributed by atoms with E-state index in [-0.39, 0.29) is 5.57 Å². The summed E-state index contributed by atoms with van der Waals surface area (Å²) in [5.74, 6) is -0.557. The van der Waals surface area contributed by atoms with Gasteiger partial charge in [0.1, 0.15) is 17.1 Å². The monoisotopic (exact) mass is 401 g/mol. The highest BCUT2D eigenvalue weighted by Crippen LogP contribution is 2.27. The van der Waals surface area contributed by atoms with Gasteiger partial charge in [0.05, 0.1) is 5.69 Å². The lowest BCUT2D eigenvalue weighted by Crippen LogP contribution is -2.35. The fourth-order valence-electron chi connectivity index (χ4n) is 3.13. The van der Waals surface area contributed by atoms with Crippen molar-refractivity contribution in [1.29, 1.82) is 0 Å². The van der Waals surface area contributed by atoms with Crippen LogP contribution in [0.25, 0.3) is 17.4 Å². The molecule has 1 fully saturated rings. The number of hydrazine groups is 1. The van der Waals surface area contributed by atoms with Gasteiger partial charge in [0, 0.05) is 11.1 Å². The first-order valence-electron chi connectivity index (χ1n) is 9.28. The van der Waals surface area contributed by atoms with Crippen LogP contribution in [0, 0.1) is 13.8 Å².